The van der Waals surface area contributed by atoms with Gasteiger partial charge in [0.2, 0.25) is 0 Å². The fourth-order valence-corrected chi connectivity index (χ4v) is 8.15. The highest BCUT2D eigenvalue weighted by Crippen LogP contribution is 2.38. The van der Waals surface area contributed by atoms with Gasteiger partial charge < -0.3 is 70.6 Å². The number of aliphatic carboxylic acids is 1. The molecule has 2 bridgehead atoms. The van der Waals surface area contributed by atoms with Gasteiger partial charge in [0.15, 0.2) is 12.1 Å². The molecule has 3 heterocycles. The molecule has 0 spiro atoms. The van der Waals surface area contributed by atoms with Gasteiger partial charge in [0.05, 0.1) is 61.4 Å². The molecular weight excluding hydrogens is 843 g/mol. The molecule has 0 aromatic carbocycles. The highest BCUT2D eigenvalue weighted by atomic mass is 16.7. The summed E-state index contributed by atoms with van der Waals surface area (Å²) in [4.78, 5) is 25.1. The Kier molecular flexibility index (Phi) is 25.5. The number of carboxylic acid groups (broad SMARTS) is 1. The summed E-state index contributed by atoms with van der Waals surface area (Å²) in [7, 11) is 0. The highest BCUT2D eigenvalue weighted by Gasteiger charge is 2.50. The maximum Gasteiger partial charge on any atom is 0.311 e. The molecule has 370 valence electrons. The zero-order chi connectivity index (χ0) is 47.6. The Balaban J connectivity index is 0.0000145. The normalized spacial score (nSPS) is 44.2. The number of esters is 1. The number of ether oxygens (including phenoxy) is 4. The van der Waals surface area contributed by atoms with Crippen molar-refractivity contribution in [2.24, 2.45) is 29.4 Å². The Morgan fingerprint density at radius 2 is 1.22 bits per heavy atom. The number of carboxylic acids is 1. The Labute approximate surface area is 385 Å². The van der Waals surface area contributed by atoms with Crippen LogP contribution in [0.25, 0.3) is 0 Å². The number of carbonyl (C=O) groups excluding carboxylic acids is 1. The molecule has 0 aromatic heterocycles. The summed E-state index contributed by atoms with van der Waals surface area (Å²) in [6.45, 7) is 8.93. The van der Waals surface area contributed by atoms with Crippen molar-refractivity contribution in [2.75, 3.05) is 0 Å². The quantitative estimate of drug-likeness (QED) is 0.181. The summed E-state index contributed by atoms with van der Waals surface area (Å²) in [5.74, 6) is -6.62. The number of cyclic esters (lactones) is 1. The largest absolute Gasteiger partial charge is 0.481 e. The van der Waals surface area contributed by atoms with E-state index in [0.29, 0.717) is 6.42 Å². The first-order valence-electron chi connectivity index (χ1n) is 22.5. The lowest BCUT2D eigenvalue weighted by molar-refractivity contribution is -0.306. The van der Waals surface area contributed by atoms with Gasteiger partial charge in [-0.3, -0.25) is 9.59 Å². The number of allylic oxidation sites excluding steroid dienone is 12. The second-order valence-electron chi connectivity index (χ2n) is 17.8. The molecule has 2 saturated heterocycles. The summed E-state index contributed by atoms with van der Waals surface area (Å²) in [6.07, 6.45) is 10.7. The average molecular weight is 922 g/mol. The van der Waals surface area contributed by atoms with Crippen molar-refractivity contribution in [3.63, 3.8) is 0 Å². The van der Waals surface area contributed by atoms with Gasteiger partial charge in [-0.1, -0.05) is 113 Å². The van der Waals surface area contributed by atoms with E-state index in [1.807, 2.05) is 62.5 Å². The summed E-state index contributed by atoms with van der Waals surface area (Å²) in [6, 6.07) is -0.684. The van der Waals surface area contributed by atoms with Crippen molar-refractivity contribution >= 4 is 11.9 Å². The molecule has 11 N–H and O–H groups in total. The summed E-state index contributed by atoms with van der Waals surface area (Å²) < 4.78 is 23.6. The van der Waals surface area contributed by atoms with Crippen LogP contribution in [0.3, 0.4) is 0 Å². The molecule has 65 heavy (non-hydrogen) atoms. The standard InChI is InChI=1S/C48H75NO15.CH4/c1-29-19-16-14-12-10-8-6-7-9-11-13-15-17-22-38(63-47-45(57)43(49)30(2)32(4)62-47)26-40-42(46(58)59)39(54)28-48(60,64-40)27-37(53)24-35(51)21-18-20-34(50)23-36(52)25-41(55)61-33(5)31(3)44(29)56;/h6-17,19,22,29-40,42-45,47,50-54,56-57,60H,18,20-21,23-28,49H2,1-5H3,(H,58,59);1H4/b7-6+,10-8+,11-9+,14-12+,15-13+,19-16+,22-17+;/t29-,30?,31-,32?,33-,34+,35-,36+,37-,38-,39-,40?,42+,43?,44+,45?,47?,48+;/m0./s1. The van der Waals surface area contributed by atoms with Crippen LogP contribution in [0.2, 0.25) is 0 Å². The second kappa shape index (κ2) is 28.7. The van der Waals surface area contributed by atoms with Crippen molar-refractivity contribution in [3.05, 3.63) is 85.1 Å². The lowest BCUT2D eigenvalue weighted by atomic mass is 9.82. The first-order chi connectivity index (χ1) is 30.2. The van der Waals surface area contributed by atoms with E-state index in [2.05, 4.69) is 0 Å². The Morgan fingerprint density at radius 3 is 1.77 bits per heavy atom. The molecule has 16 heteroatoms. The monoisotopic (exact) mass is 922 g/mol. The molecule has 0 saturated carbocycles. The van der Waals surface area contributed by atoms with Crippen molar-refractivity contribution in [1.29, 1.82) is 0 Å². The van der Waals surface area contributed by atoms with E-state index in [4.69, 9.17) is 24.7 Å². The van der Waals surface area contributed by atoms with E-state index >= 15 is 0 Å². The van der Waals surface area contributed by atoms with Gasteiger partial charge in [-0.2, -0.15) is 0 Å². The molecule has 0 radical (unpaired) electrons. The fourth-order valence-electron chi connectivity index (χ4n) is 8.15. The second-order valence-corrected chi connectivity index (χ2v) is 17.8. The number of carbonyl (C=O) groups is 2. The number of hydrogen-bond donors (Lipinski definition) is 10. The van der Waals surface area contributed by atoms with E-state index in [-0.39, 0.29) is 63.9 Å². The Morgan fingerprint density at radius 1 is 0.692 bits per heavy atom. The molecule has 2 fully saturated rings. The maximum absolute atomic E-state index is 12.6. The van der Waals surface area contributed by atoms with E-state index in [1.54, 1.807) is 57.2 Å². The zero-order valence-corrected chi connectivity index (χ0v) is 37.8. The number of fused-ring (bicyclic) bond motifs is 2. The molecule has 3 aliphatic heterocycles. The molecule has 3 aliphatic rings. The number of rotatable bonds is 3. The maximum atomic E-state index is 12.6. The molecule has 0 aliphatic carbocycles. The van der Waals surface area contributed by atoms with Crippen molar-refractivity contribution in [1.82, 2.24) is 0 Å². The third-order valence-corrected chi connectivity index (χ3v) is 12.4. The predicted molar refractivity (Wildman–Crippen MR) is 245 cm³/mol. The van der Waals surface area contributed by atoms with E-state index in [9.17, 15) is 55.5 Å². The minimum Gasteiger partial charge on any atom is -0.481 e. The van der Waals surface area contributed by atoms with Crippen LogP contribution in [0.4, 0.5) is 0 Å². The minimum absolute atomic E-state index is 0. The van der Waals surface area contributed by atoms with Crippen LogP contribution in [0.15, 0.2) is 85.1 Å². The van der Waals surface area contributed by atoms with Gasteiger partial charge in [-0.15, -0.1) is 0 Å². The van der Waals surface area contributed by atoms with Crippen LogP contribution in [-0.4, -0.2) is 143 Å². The van der Waals surface area contributed by atoms with E-state index < -0.39 is 116 Å². The van der Waals surface area contributed by atoms with Gasteiger partial charge in [-0.05, 0) is 51.9 Å². The van der Waals surface area contributed by atoms with Gasteiger partial charge in [-0.25, -0.2) is 0 Å². The van der Waals surface area contributed by atoms with Crippen LogP contribution in [0.1, 0.15) is 99.8 Å². The molecule has 6 unspecified atom stereocenters. The SMILES string of the molecule is C.CC1OC(O[C@H]2/C=C/C=C/C=C/C=C/C=C/C=C/C=C/[C@H](C)[C@@H](O)[C@@H](C)[C@H](C)OC(=O)C[C@H](O)C[C@H](O)CCC[C@H](O)C[C@H](O)C[C@]3(O)C[C@H](O)[C@@H](C(=O)O)C(C2)O3)C(O)C(N)C1C. The molecule has 18 atom stereocenters. The lowest BCUT2D eigenvalue weighted by Crippen LogP contribution is -2.58. The van der Waals surface area contributed by atoms with Gasteiger partial charge in [0, 0.05) is 37.1 Å². The molecule has 0 aromatic rings. The third kappa shape index (κ3) is 19.8. The minimum atomic E-state index is -2.20. The number of aliphatic hydroxyl groups excluding tert-OH is 7. The van der Waals surface area contributed by atoms with Crippen LogP contribution in [-0.2, 0) is 28.5 Å². The zero-order valence-electron chi connectivity index (χ0n) is 37.8. The van der Waals surface area contributed by atoms with Gasteiger partial charge >= 0.3 is 11.9 Å². The molecule has 16 nitrogen and oxygen atoms in total. The van der Waals surface area contributed by atoms with E-state index in [0.717, 1.165) is 0 Å². The van der Waals surface area contributed by atoms with Crippen molar-refractivity contribution in [2.45, 2.75) is 185 Å². The summed E-state index contributed by atoms with van der Waals surface area (Å²) in [5, 5.41) is 97.4. The van der Waals surface area contributed by atoms with Gasteiger partial charge in [0.1, 0.15) is 18.1 Å². The third-order valence-electron chi connectivity index (χ3n) is 12.4. The Bertz CT molecular complexity index is 1630. The average Bonchev–Trinajstić information content (AvgIpc) is 3.20. The first-order valence-corrected chi connectivity index (χ1v) is 22.5. The predicted octanol–water partition coefficient (Wildman–Crippen LogP) is 3.65. The first kappa shape index (κ1) is 57.8. The van der Waals surface area contributed by atoms with Crippen molar-refractivity contribution < 1.29 is 74.5 Å². The fraction of sp³-hybridized carbons (Fsp3) is 0.673. The summed E-state index contributed by atoms with van der Waals surface area (Å²) >= 11 is 0. The van der Waals surface area contributed by atoms with Gasteiger partial charge in [0.25, 0.3) is 0 Å². The van der Waals surface area contributed by atoms with Crippen LogP contribution in [0, 0.1) is 23.7 Å². The molecule has 3 rings (SSSR count). The van der Waals surface area contributed by atoms with Crippen molar-refractivity contribution in [3.8, 4) is 0 Å². The number of nitrogens with two attached hydrogens (primary N) is 1. The smallest absolute Gasteiger partial charge is 0.311 e. The lowest BCUT2D eigenvalue weighted by Gasteiger charge is -2.45. The van der Waals surface area contributed by atoms with Crippen LogP contribution in [0.5, 0.6) is 0 Å². The number of aliphatic hydroxyl groups is 8. The van der Waals surface area contributed by atoms with Crippen LogP contribution >= 0.6 is 0 Å². The van der Waals surface area contributed by atoms with E-state index in [1.165, 1.54) is 0 Å². The Hall–Kier alpha value is -3.36. The van der Waals surface area contributed by atoms with Crippen LogP contribution < -0.4 is 5.73 Å². The summed E-state index contributed by atoms with van der Waals surface area (Å²) in [5.41, 5.74) is 6.27. The molecular formula is C49H79NO15. The topological polar surface area (TPSA) is 279 Å². The number of hydrogen-bond acceptors (Lipinski definition) is 15. The highest BCUT2D eigenvalue weighted by molar-refractivity contribution is 5.71. The molecule has 0 amide bonds.